The Bertz CT molecular complexity index is 980. The molecule has 1 saturated heterocycles. The minimum atomic E-state index is -0.385. The summed E-state index contributed by atoms with van der Waals surface area (Å²) in [5, 5.41) is 2.84. The van der Waals surface area contributed by atoms with Crippen LogP contribution in [0.4, 0.5) is 5.69 Å². The predicted molar refractivity (Wildman–Crippen MR) is 107 cm³/mol. The highest BCUT2D eigenvalue weighted by molar-refractivity contribution is 6.00. The highest BCUT2D eigenvalue weighted by Gasteiger charge is 2.35. The van der Waals surface area contributed by atoms with Gasteiger partial charge in [-0.25, -0.2) is 4.98 Å². The maximum absolute atomic E-state index is 12.5. The Labute approximate surface area is 164 Å². The van der Waals surface area contributed by atoms with Crippen molar-refractivity contribution in [3.63, 3.8) is 0 Å². The molecule has 1 aliphatic rings. The zero-order chi connectivity index (χ0) is 20.4. The molecule has 2 aromatic rings. The SMILES string of the molecule is Cc1ccc(N2CC(C(=O)NCCn3cnc(C)c(C)c3=O)CC2=O)cc1C. The molecule has 1 fully saturated rings. The Morgan fingerprint density at radius 3 is 2.64 bits per heavy atom. The number of aromatic nitrogens is 2. The fourth-order valence-electron chi connectivity index (χ4n) is 3.31. The quantitative estimate of drug-likeness (QED) is 0.852. The number of hydrogen-bond donors (Lipinski definition) is 1. The fourth-order valence-corrected chi connectivity index (χ4v) is 3.31. The lowest BCUT2D eigenvalue weighted by molar-refractivity contribution is -0.126. The van der Waals surface area contributed by atoms with Crippen LogP contribution in [0.15, 0.2) is 29.3 Å². The standard InChI is InChI=1S/C21H26N4O3/c1-13-5-6-18(9-14(13)2)25-11-17(10-19(25)26)20(27)22-7-8-24-12-23-16(4)15(3)21(24)28/h5-6,9,12,17H,7-8,10-11H2,1-4H3,(H,22,27). The van der Waals surface area contributed by atoms with Crippen molar-refractivity contribution >= 4 is 17.5 Å². The molecular formula is C21H26N4O3. The van der Waals surface area contributed by atoms with Crippen molar-refractivity contribution in [2.45, 2.75) is 40.7 Å². The normalized spacial score (nSPS) is 16.5. The second-order valence-corrected chi connectivity index (χ2v) is 7.42. The summed E-state index contributed by atoms with van der Waals surface area (Å²) >= 11 is 0. The van der Waals surface area contributed by atoms with Gasteiger partial charge in [-0.3, -0.25) is 19.0 Å². The highest BCUT2D eigenvalue weighted by atomic mass is 16.2. The monoisotopic (exact) mass is 382 g/mol. The van der Waals surface area contributed by atoms with Gasteiger partial charge in [0, 0.05) is 43.0 Å². The molecule has 0 saturated carbocycles. The third-order valence-electron chi connectivity index (χ3n) is 5.47. The average Bonchev–Trinajstić information content (AvgIpc) is 3.05. The van der Waals surface area contributed by atoms with Crippen molar-refractivity contribution in [3.8, 4) is 0 Å². The van der Waals surface area contributed by atoms with Crippen molar-refractivity contribution in [3.05, 3.63) is 57.3 Å². The van der Waals surface area contributed by atoms with Crippen molar-refractivity contribution in [2.75, 3.05) is 18.0 Å². The van der Waals surface area contributed by atoms with Gasteiger partial charge >= 0.3 is 0 Å². The van der Waals surface area contributed by atoms with Crippen LogP contribution in [0.5, 0.6) is 0 Å². The Hall–Kier alpha value is -2.96. The zero-order valence-electron chi connectivity index (χ0n) is 16.8. The molecule has 2 amide bonds. The summed E-state index contributed by atoms with van der Waals surface area (Å²) in [6, 6.07) is 5.88. The predicted octanol–water partition coefficient (Wildman–Crippen LogP) is 1.65. The van der Waals surface area contributed by atoms with E-state index in [9.17, 15) is 14.4 Å². The van der Waals surface area contributed by atoms with Crippen LogP contribution >= 0.6 is 0 Å². The van der Waals surface area contributed by atoms with E-state index in [1.165, 1.54) is 16.5 Å². The third-order valence-corrected chi connectivity index (χ3v) is 5.47. The second kappa shape index (κ2) is 7.96. The smallest absolute Gasteiger partial charge is 0.256 e. The number of benzene rings is 1. The van der Waals surface area contributed by atoms with Crippen LogP contribution in [0.3, 0.4) is 0 Å². The number of nitrogens with zero attached hydrogens (tertiary/aromatic N) is 3. The first-order chi connectivity index (χ1) is 13.3. The highest BCUT2D eigenvalue weighted by Crippen LogP contribution is 2.26. The molecule has 148 valence electrons. The molecule has 7 nitrogen and oxygen atoms in total. The van der Waals surface area contributed by atoms with E-state index >= 15 is 0 Å². The van der Waals surface area contributed by atoms with Crippen molar-refractivity contribution in [1.82, 2.24) is 14.9 Å². The van der Waals surface area contributed by atoms with Crippen LogP contribution in [-0.2, 0) is 16.1 Å². The Morgan fingerprint density at radius 1 is 1.18 bits per heavy atom. The molecule has 1 aromatic heterocycles. The Kier molecular flexibility index (Phi) is 5.63. The fraction of sp³-hybridized carbons (Fsp3) is 0.429. The summed E-state index contributed by atoms with van der Waals surface area (Å²) in [6.07, 6.45) is 1.70. The molecule has 28 heavy (non-hydrogen) atoms. The molecule has 7 heteroatoms. The van der Waals surface area contributed by atoms with Gasteiger partial charge in [0.2, 0.25) is 11.8 Å². The molecule has 0 radical (unpaired) electrons. The molecule has 1 aromatic carbocycles. The van der Waals surface area contributed by atoms with Crippen molar-refractivity contribution in [1.29, 1.82) is 0 Å². The number of aryl methyl sites for hydroxylation is 3. The summed E-state index contributed by atoms with van der Waals surface area (Å²) in [6.45, 7) is 8.60. The van der Waals surface area contributed by atoms with Crippen molar-refractivity contribution < 1.29 is 9.59 Å². The summed E-state index contributed by atoms with van der Waals surface area (Å²) < 4.78 is 1.49. The number of anilines is 1. The number of nitrogens with one attached hydrogen (secondary N) is 1. The number of carbonyl (C=O) groups excluding carboxylic acids is 2. The lowest BCUT2D eigenvalue weighted by atomic mass is 10.1. The van der Waals surface area contributed by atoms with Gasteiger partial charge in [0.1, 0.15) is 0 Å². The van der Waals surface area contributed by atoms with Crippen LogP contribution in [0, 0.1) is 33.6 Å². The second-order valence-electron chi connectivity index (χ2n) is 7.42. The number of hydrogen-bond acceptors (Lipinski definition) is 4. The van der Waals surface area contributed by atoms with E-state index in [2.05, 4.69) is 10.3 Å². The molecular weight excluding hydrogens is 356 g/mol. The van der Waals surface area contributed by atoms with Gasteiger partial charge in [0.15, 0.2) is 0 Å². The van der Waals surface area contributed by atoms with E-state index in [1.54, 1.807) is 18.7 Å². The van der Waals surface area contributed by atoms with E-state index in [4.69, 9.17) is 0 Å². The molecule has 1 N–H and O–H groups in total. The number of amides is 2. The summed E-state index contributed by atoms with van der Waals surface area (Å²) in [4.78, 5) is 42.9. The van der Waals surface area contributed by atoms with Crippen LogP contribution in [0.25, 0.3) is 0 Å². The van der Waals surface area contributed by atoms with Gasteiger partial charge in [0.05, 0.1) is 12.2 Å². The molecule has 2 heterocycles. The Balaban J connectivity index is 1.58. The maximum atomic E-state index is 12.5. The molecule has 1 aliphatic heterocycles. The first-order valence-electron chi connectivity index (χ1n) is 9.46. The van der Waals surface area contributed by atoms with Crippen LogP contribution in [0.2, 0.25) is 0 Å². The third kappa shape index (κ3) is 3.98. The van der Waals surface area contributed by atoms with Crippen molar-refractivity contribution in [2.24, 2.45) is 5.92 Å². The molecule has 0 bridgehead atoms. The van der Waals surface area contributed by atoms with E-state index < -0.39 is 0 Å². The Morgan fingerprint density at radius 2 is 1.93 bits per heavy atom. The van der Waals surface area contributed by atoms with Gasteiger partial charge in [-0.1, -0.05) is 6.07 Å². The van der Waals surface area contributed by atoms with E-state index in [1.807, 2.05) is 32.0 Å². The van der Waals surface area contributed by atoms with E-state index in [0.29, 0.717) is 30.9 Å². The van der Waals surface area contributed by atoms with Crippen LogP contribution in [0.1, 0.15) is 28.8 Å². The first-order valence-corrected chi connectivity index (χ1v) is 9.46. The first kappa shape index (κ1) is 19.8. The lowest BCUT2D eigenvalue weighted by Gasteiger charge is -2.18. The van der Waals surface area contributed by atoms with E-state index in [0.717, 1.165) is 11.3 Å². The molecule has 0 aliphatic carbocycles. The number of carbonyl (C=O) groups is 2. The lowest BCUT2D eigenvalue weighted by Crippen LogP contribution is -2.36. The van der Waals surface area contributed by atoms with Gasteiger partial charge < -0.3 is 10.2 Å². The molecule has 1 atom stereocenters. The largest absolute Gasteiger partial charge is 0.354 e. The summed E-state index contributed by atoms with van der Waals surface area (Å²) in [7, 11) is 0. The van der Waals surface area contributed by atoms with Crippen LogP contribution < -0.4 is 15.8 Å². The topological polar surface area (TPSA) is 84.3 Å². The minimum Gasteiger partial charge on any atom is -0.354 e. The maximum Gasteiger partial charge on any atom is 0.256 e. The zero-order valence-corrected chi connectivity index (χ0v) is 16.8. The average molecular weight is 382 g/mol. The van der Waals surface area contributed by atoms with Gasteiger partial charge in [0.25, 0.3) is 5.56 Å². The number of rotatable bonds is 5. The summed E-state index contributed by atoms with van der Waals surface area (Å²) in [5.41, 5.74) is 4.33. The van der Waals surface area contributed by atoms with Gasteiger partial charge in [-0.15, -0.1) is 0 Å². The molecule has 3 rings (SSSR count). The molecule has 0 spiro atoms. The van der Waals surface area contributed by atoms with Crippen LogP contribution in [-0.4, -0.2) is 34.5 Å². The molecule has 1 unspecified atom stereocenters. The van der Waals surface area contributed by atoms with E-state index in [-0.39, 0.29) is 29.7 Å². The minimum absolute atomic E-state index is 0.0435. The summed E-state index contributed by atoms with van der Waals surface area (Å²) in [5.74, 6) is -0.591. The van der Waals surface area contributed by atoms with Gasteiger partial charge in [-0.2, -0.15) is 0 Å². The van der Waals surface area contributed by atoms with Gasteiger partial charge in [-0.05, 0) is 51.0 Å².